The standard InChI is InChI=1S/C39H25NS2/c1-2-11-25-24(10-1)22-32(27-13-4-3-12-26(25)27)37-28-14-5-6-15-29(28)39(30-20-21-40-23-33(30)37)42-36-19-9-18-35-38(36)31-16-7-8-17-34(31)41-35/h1-4,7-23H,5-6H2. The summed E-state index contributed by atoms with van der Waals surface area (Å²) in [5, 5.41) is 13.0. The molecule has 9 rings (SSSR count). The van der Waals surface area contributed by atoms with E-state index in [4.69, 9.17) is 0 Å². The van der Waals surface area contributed by atoms with Gasteiger partial charge in [0.1, 0.15) is 0 Å². The van der Waals surface area contributed by atoms with Crippen LogP contribution in [0.4, 0.5) is 0 Å². The third-order valence-electron chi connectivity index (χ3n) is 8.62. The van der Waals surface area contributed by atoms with Gasteiger partial charge in [0.25, 0.3) is 0 Å². The summed E-state index contributed by atoms with van der Waals surface area (Å²) in [5.74, 6) is 0. The van der Waals surface area contributed by atoms with Gasteiger partial charge in [0.05, 0.1) is 0 Å². The highest BCUT2D eigenvalue weighted by molar-refractivity contribution is 7.99. The summed E-state index contributed by atoms with van der Waals surface area (Å²) in [4.78, 5) is 7.33. The average molecular weight is 572 g/mol. The number of benzene rings is 6. The Balaban J connectivity index is 1.38. The van der Waals surface area contributed by atoms with E-state index in [2.05, 4.69) is 126 Å². The molecule has 1 aliphatic rings. The van der Waals surface area contributed by atoms with Crippen LogP contribution in [-0.2, 0) is 0 Å². The molecular formula is C39H25NS2. The van der Waals surface area contributed by atoms with Gasteiger partial charge in [0.15, 0.2) is 0 Å². The van der Waals surface area contributed by atoms with Crippen molar-refractivity contribution in [1.82, 2.24) is 4.98 Å². The van der Waals surface area contributed by atoms with Crippen molar-refractivity contribution in [2.24, 2.45) is 0 Å². The number of aromatic nitrogens is 1. The maximum Gasteiger partial charge on any atom is 0.0366 e. The topological polar surface area (TPSA) is 12.9 Å². The van der Waals surface area contributed by atoms with Crippen LogP contribution < -0.4 is 10.4 Å². The first-order valence-electron chi connectivity index (χ1n) is 14.4. The van der Waals surface area contributed by atoms with Gasteiger partial charge >= 0.3 is 0 Å². The molecule has 8 aromatic rings. The van der Waals surface area contributed by atoms with Crippen molar-refractivity contribution in [2.75, 3.05) is 0 Å². The Morgan fingerprint density at radius 2 is 1.33 bits per heavy atom. The van der Waals surface area contributed by atoms with E-state index >= 15 is 0 Å². The van der Waals surface area contributed by atoms with Crippen LogP contribution in [0.1, 0.15) is 12.8 Å². The minimum atomic E-state index is 1.05. The van der Waals surface area contributed by atoms with Crippen molar-refractivity contribution < 1.29 is 0 Å². The van der Waals surface area contributed by atoms with Gasteiger partial charge in [-0.2, -0.15) is 0 Å². The summed E-state index contributed by atoms with van der Waals surface area (Å²) in [6, 6.07) is 37.8. The molecule has 0 N–H and O–H groups in total. The summed E-state index contributed by atoms with van der Waals surface area (Å²) in [7, 11) is 0. The molecule has 0 radical (unpaired) electrons. The number of thiophene rings is 1. The molecule has 1 aliphatic carbocycles. The number of fused-ring (bicyclic) bond motifs is 8. The van der Waals surface area contributed by atoms with Crippen molar-refractivity contribution in [3.8, 4) is 11.1 Å². The fraction of sp³-hybridized carbons (Fsp3) is 0.0513. The van der Waals surface area contributed by atoms with E-state index in [0.29, 0.717) is 0 Å². The molecule has 0 unspecified atom stereocenters. The minimum Gasteiger partial charge on any atom is -0.264 e. The number of pyridine rings is 1. The Morgan fingerprint density at radius 3 is 2.24 bits per heavy atom. The van der Waals surface area contributed by atoms with Crippen molar-refractivity contribution in [2.45, 2.75) is 22.6 Å². The first-order valence-corrected chi connectivity index (χ1v) is 16.1. The van der Waals surface area contributed by atoms with Crippen LogP contribution in [0.15, 0.2) is 125 Å². The quantitative estimate of drug-likeness (QED) is 0.196. The van der Waals surface area contributed by atoms with Gasteiger partial charge in [-0.05, 0) is 91.7 Å². The highest BCUT2D eigenvalue weighted by atomic mass is 32.2. The molecule has 2 aromatic heterocycles. The zero-order valence-electron chi connectivity index (χ0n) is 22.8. The second-order valence-corrected chi connectivity index (χ2v) is 13.1. The summed E-state index contributed by atoms with van der Waals surface area (Å²) < 4.78 is 2.69. The average Bonchev–Trinajstić information content (AvgIpc) is 3.44. The van der Waals surface area contributed by atoms with Crippen LogP contribution in [-0.4, -0.2) is 4.98 Å². The monoisotopic (exact) mass is 571 g/mol. The van der Waals surface area contributed by atoms with Gasteiger partial charge in [-0.3, -0.25) is 4.98 Å². The number of nitrogens with zero attached hydrogens (tertiary/aromatic N) is 1. The number of rotatable bonds is 3. The van der Waals surface area contributed by atoms with E-state index in [1.165, 1.54) is 83.8 Å². The third-order valence-corrected chi connectivity index (χ3v) is 11.0. The maximum absolute atomic E-state index is 4.69. The van der Waals surface area contributed by atoms with E-state index < -0.39 is 0 Å². The lowest BCUT2D eigenvalue weighted by atomic mass is 9.88. The molecule has 0 bridgehead atoms. The Morgan fingerprint density at radius 1 is 0.595 bits per heavy atom. The molecule has 198 valence electrons. The molecule has 0 aliphatic heterocycles. The summed E-state index contributed by atoms with van der Waals surface area (Å²) >= 11 is 3.80. The highest BCUT2D eigenvalue weighted by Gasteiger charge is 2.19. The van der Waals surface area contributed by atoms with Crippen LogP contribution in [0.2, 0.25) is 0 Å². The van der Waals surface area contributed by atoms with Crippen molar-refractivity contribution in [3.63, 3.8) is 0 Å². The fourth-order valence-electron chi connectivity index (χ4n) is 6.81. The molecule has 1 nitrogen and oxygen atoms in total. The van der Waals surface area contributed by atoms with Gasteiger partial charge in [-0.1, -0.05) is 96.7 Å². The molecule has 0 spiro atoms. The van der Waals surface area contributed by atoms with E-state index in [1.54, 1.807) is 0 Å². The van der Waals surface area contributed by atoms with Crippen LogP contribution in [0.5, 0.6) is 0 Å². The lowest BCUT2D eigenvalue weighted by Crippen LogP contribution is -2.31. The molecule has 0 atom stereocenters. The van der Waals surface area contributed by atoms with Crippen molar-refractivity contribution >= 4 is 87.7 Å². The van der Waals surface area contributed by atoms with Crippen LogP contribution in [0.25, 0.3) is 75.8 Å². The Hall–Kier alpha value is -4.44. The molecule has 0 saturated carbocycles. The molecule has 3 heteroatoms. The van der Waals surface area contributed by atoms with Crippen molar-refractivity contribution in [3.05, 3.63) is 126 Å². The molecule has 0 saturated heterocycles. The van der Waals surface area contributed by atoms with E-state index in [9.17, 15) is 0 Å². The van der Waals surface area contributed by atoms with Gasteiger partial charge < -0.3 is 0 Å². The molecule has 42 heavy (non-hydrogen) atoms. The molecule has 2 heterocycles. The highest BCUT2D eigenvalue weighted by Crippen LogP contribution is 2.44. The lowest BCUT2D eigenvalue weighted by molar-refractivity contribution is 1.11. The van der Waals surface area contributed by atoms with Crippen molar-refractivity contribution in [1.29, 1.82) is 0 Å². The summed E-state index contributed by atoms with van der Waals surface area (Å²) in [6.45, 7) is 0. The van der Waals surface area contributed by atoms with Gasteiger partial charge in [0, 0.05) is 47.7 Å². The normalized spacial score (nSPS) is 13.0. The van der Waals surface area contributed by atoms with Gasteiger partial charge in [-0.25, -0.2) is 0 Å². The predicted molar refractivity (Wildman–Crippen MR) is 183 cm³/mol. The fourth-order valence-corrected chi connectivity index (χ4v) is 9.28. The van der Waals surface area contributed by atoms with Gasteiger partial charge in [-0.15, -0.1) is 11.3 Å². The minimum absolute atomic E-state index is 1.05. The third kappa shape index (κ3) is 3.60. The van der Waals surface area contributed by atoms with E-state index in [1.807, 2.05) is 29.3 Å². The largest absolute Gasteiger partial charge is 0.264 e. The first-order chi connectivity index (χ1) is 20.8. The predicted octanol–water partition coefficient (Wildman–Crippen LogP) is 10.1. The number of hydrogen-bond donors (Lipinski definition) is 0. The van der Waals surface area contributed by atoms with Gasteiger partial charge in [0.2, 0.25) is 0 Å². The summed E-state index contributed by atoms with van der Waals surface area (Å²) in [6.07, 6.45) is 11.1. The summed E-state index contributed by atoms with van der Waals surface area (Å²) in [5.41, 5.74) is 2.59. The Kier molecular flexibility index (Phi) is 5.50. The van der Waals surface area contributed by atoms with E-state index in [0.717, 1.165) is 12.8 Å². The SMILES string of the molecule is C1=c2c(Sc3cccc4sc5ccccc5c34)c3ccncc3c(-c3cc4ccccc4c4ccccc34)c2=CCC1. The first kappa shape index (κ1) is 24.2. The lowest BCUT2D eigenvalue weighted by Gasteiger charge is -2.19. The molecule has 0 fully saturated rings. The van der Waals surface area contributed by atoms with Crippen LogP contribution in [0, 0.1) is 0 Å². The molecule has 0 amide bonds. The second-order valence-electron chi connectivity index (χ2n) is 11.0. The number of hydrogen-bond acceptors (Lipinski definition) is 3. The van der Waals surface area contributed by atoms with E-state index in [-0.39, 0.29) is 0 Å². The Labute approximate surface area is 251 Å². The molecular weight excluding hydrogens is 547 g/mol. The molecule has 6 aromatic carbocycles. The van der Waals surface area contributed by atoms with Crippen LogP contribution >= 0.6 is 23.1 Å². The smallest absolute Gasteiger partial charge is 0.0366 e. The maximum atomic E-state index is 4.69. The zero-order chi connectivity index (χ0) is 27.6. The Bertz CT molecular complexity index is 2500. The second kappa shape index (κ2) is 9.55. The zero-order valence-corrected chi connectivity index (χ0v) is 24.4. The van der Waals surface area contributed by atoms with Crippen LogP contribution in [0.3, 0.4) is 0 Å².